The first-order chi connectivity index (χ1) is 15.6. The second kappa shape index (κ2) is 10.2. The summed E-state index contributed by atoms with van der Waals surface area (Å²) in [6.45, 7) is 5.92. The number of aryl methyl sites for hydroxylation is 1. The summed E-state index contributed by atoms with van der Waals surface area (Å²) in [4.78, 5) is 29.5. The Kier molecular flexibility index (Phi) is 7.73. The molecule has 0 saturated heterocycles. The van der Waals surface area contributed by atoms with Gasteiger partial charge >= 0.3 is 5.97 Å². The molecule has 0 bridgehead atoms. The van der Waals surface area contributed by atoms with Crippen LogP contribution in [0.4, 0.5) is 0 Å². The third-order valence-electron chi connectivity index (χ3n) is 5.19. The molecule has 1 aromatic heterocycles. The molecule has 176 valence electrons. The molecule has 0 aliphatic carbocycles. The van der Waals surface area contributed by atoms with Crippen LogP contribution in [-0.4, -0.2) is 49.4 Å². The van der Waals surface area contributed by atoms with Gasteiger partial charge in [0.2, 0.25) is 10.0 Å². The predicted octanol–water partition coefficient (Wildman–Crippen LogP) is 3.61. The van der Waals surface area contributed by atoms with E-state index in [4.69, 9.17) is 16.3 Å². The van der Waals surface area contributed by atoms with E-state index in [1.54, 1.807) is 30.5 Å². The van der Waals surface area contributed by atoms with Crippen LogP contribution < -0.4 is 4.80 Å². The lowest BCUT2D eigenvalue weighted by atomic mass is 10.2. The van der Waals surface area contributed by atoms with Crippen molar-refractivity contribution in [1.82, 2.24) is 8.87 Å². The molecule has 1 amide bonds. The summed E-state index contributed by atoms with van der Waals surface area (Å²) in [6, 6.07) is 9.21. The molecule has 0 aliphatic rings. The number of carbonyl (C=O) groups is 2. The highest BCUT2D eigenvalue weighted by Crippen LogP contribution is 2.27. The third kappa shape index (κ3) is 5.03. The van der Waals surface area contributed by atoms with Crippen LogP contribution in [0, 0.1) is 6.92 Å². The fourth-order valence-electron chi connectivity index (χ4n) is 3.37. The second-order valence-electron chi connectivity index (χ2n) is 7.10. The minimum absolute atomic E-state index is 0.107. The molecule has 0 atom stereocenters. The SMILES string of the molecule is CCN(CC)S(=O)(=O)c1ccc(C(=O)N=c2sc3ccc(Cl)c(C)c3n2CC(=O)OC)cc1. The molecule has 33 heavy (non-hydrogen) atoms. The quantitative estimate of drug-likeness (QED) is 0.453. The summed E-state index contributed by atoms with van der Waals surface area (Å²) in [6.07, 6.45) is 0. The van der Waals surface area contributed by atoms with E-state index < -0.39 is 21.9 Å². The number of fused-ring (bicyclic) bond motifs is 1. The molecular weight excluding hydrogens is 486 g/mol. The van der Waals surface area contributed by atoms with Crippen LogP contribution in [0.5, 0.6) is 0 Å². The second-order valence-corrected chi connectivity index (χ2v) is 10.5. The van der Waals surface area contributed by atoms with Crippen LogP contribution >= 0.6 is 22.9 Å². The number of thiazole rings is 1. The van der Waals surface area contributed by atoms with Gasteiger partial charge in [0, 0.05) is 23.7 Å². The molecule has 0 radical (unpaired) electrons. The normalized spacial score (nSPS) is 12.5. The van der Waals surface area contributed by atoms with Gasteiger partial charge in [-0.2, -0.15) is 9.30 Å². The molecule has 8 nitrogen and oxygen atoms in total. The number of rotatable bonds is 7. The van der Waals surface area contributed by atoms with Crippen molar-refractivity contribution in [2.75, 3.05) is 20.2 Å². The van der Waals surface area contributed by atoms with Gasteiger partial charge in [0.15, 0.2) is 4.80 Å². The Morgan fingerprint density at radius 3 is 2.33 bits per heavy atom. The standard InChI is InChI=1S/C22H24ClN3O5S2/c1-5-25(6-2)33(29,30)16-9-7-15(8-10-16)21(28)24-22-26(13-19(27)31-4)20-14(3)17(23)11-12-18(20)32-22/h7-12H,5-6,13H2,1-4H3. The molecule has 0 fully saturated rings. The molecule has 3 rings (SSSR count). The van der Waals surface area contributed by atoms with Crippen molar-refractivity contribution in [3.05, 3.63) is 57.3 Å². The number of halogens is 1. The Balaban J connectivity index is 2.05. The highest BCUT2D eigenvalue weighted by atomic mass is 35.5. The van der Waals surface area contributed by atoms with Crippen LogP contribution in [0.25, 0.3) is 10.2 Å². The van der Waals surface area contributed by atoms with Crippen molar-refractivity contribution in [1.29, 1.82) is 0 Å². The van der Waals surface area contributed by atoms with Gasteiger partial charge in [-0.15, -0.1) is 0 Å². The number of hydrogen-bond acceptors (Lipinski definition) is 6. The Bertz CT molecular complexity index is 1370. The molecule has 3 aromatic rings. The summed E-state index contributed by atoms with van der Waals surface area (Å²) in [5.74, 6) is -1.05. The number of esters is 1. The minimum atomic E-state index is -3.63. The van der Waals surface area contributed by atoms with Gasteiger partial charge in [0.1, 0.15) is 6.54 Å². The number of hydrogen-bond donors (Lipinski definition) is 0. The summed E-state index contributed by atoms with van der Waals surface area (Å²) in [7, 11) is -2.34. The van der Waals surface area contributed by atoms with Gasteiger partial charge in [0.05, 0.1) is 22.2 Å². The van der Waals surface area contributed by atoms with Crippen LogP contribution in [0.2, 0.25) is 5.02 Å². The van der Waals surface area contributed by atoms with E-state index in [2.05, 4.69) is 4.99 Å². The van der Waals surface area contributed by atoms with Crippen molar-refractivity contribution in [2.45, 2.75) is 32.2 Å². The first-order valence-electron chi connectivity index (χ1n) is 10.2. The number of aromatic nitrogens is 1. The molecule has 0 N–H and O–H groups in total. The van der Waals surface area contributed by atoms with Crippen molar-refractivity contribution in [3.8, 4) is 0 Å². The van der Waals surface area contributed by atoms with E-state index >= 15 is 0 Å². The topological polar surface area (TPSA) is 98.0 Å². The molecular formula is C22H24ClN3O5S2. The van der Waals surface area contributed by atoms with Crippen molar-refractivity contribution in [2.24, 2.45) is 4.99 Å². The Morgan fingerprint density at radius 2 is 1.76 bits per heavy atom. The van der Waals surface area contributed by atoms with E-state index in [0.29, 0.717) is 28.4 Å². The number of nitrogens with zero attached hydrogens (tertiary/aromatic N) is 3. The summed E-state index contributed by atoms with van der Waals surface area (Å²) < 4.78 is 33.9. The van der Waals surface area contributed by atoms with Gasteiger partial charge in [-0.1, -0.05) is 36.8 Å². The third-order valence-corrected chi connectivity index (χ3v) is 8.70. The molecule has 0 saturated carbocycles. The molecule has 1 heterocycles. The summed E-state index contributed by atoms with van der Waals surface area (Å²) >= 11 is 7.51. The maximum Gasteiger partial charge on any atom is 0.325 e. The van der Waals surface area contributed by atoms with Crippen molar-refractivity contribution < 1.29 is 22.7 Å². The average Bonchev–Trinajstić information content (AvgIpc) is 3.14. The van der Waals surface area contributed by atoms with Crippen LogP contribution in [0.1, 0.15) is 29.8 Å². The van der Waals surface area contributed by atoms with Crippen molar-refractivity contribution >= 4 is 55.1 Å². The van der Waals surface area contributed by atoms with Crippen LogP contribution in [0.3, 0.4) is 0 Å². The fourth-order valence-corrected chi connectivity index (χ4v) is 6.07. The molecule has 0 spiro atoms. The predicted molar refractivity (Wildman–Crippen MR) is 128 cm³/mol. The van der Waals surface area contributed by atoms with Gasteiger partial charge in [-0.3, -0.25) is 9.59 Å². The number of amides is 1. The maximum atomic E-state index is 12.9. The van der Waals surface area contributed by atoms with Crippen molar-refractivity contribution in [3.63, 3.8) is 0 Å². The van der Waals surface area contributed by atoms with E-state index in [1.165, 1.54) is 47.0 Å². The Labute approximate surface area is 201 Å². The molecule has 0 unspecified atom stereocenters. The number of sulfonamides is 1. The first kappa shape index (κ1) is 25.1. The average molecular weight is 510 g/mol. The number of benzene rings is 2. The minimum Gasteiger partial charge on any atom is -0.468 e. The zero-order valence-corrected chi connectivity index (χ0v) is 21.1. The Hall–Kier alpha value is -2.53. The lowest BCUT2D eigenvalue weighted by molar-refractivity contribution is -0.141. The first-order valence-corrected chi connectivity index (χ1v) is 12.8. The zero-order chi connectivity index (χ0) is 24.3. The van der Waals surface area contributed by atoms with E-state index in [9.17, 15) is 18.0 Å². The number of ether oxygens (including phenoxy) is 1. The smallest absolute Gasteiger partial charge is 0.325 e. The Morgan fingerprint density at radius 1 is 1.12 bits per heavy atom. The molecule has 2 aromatic carbocycles. The molecule has 0 aliphatic heterocycles. The van der Waals surface area contributed by atoms with Gasteiger partial charge in [0.25, 0.3) is 5.91 Å². The number of methoxy groups -OCH3 is 1. The van der Waals surface area contributed by atoms with Gasteiger partial charge in [-0.05, 0) is 48.9 Å². The number of carbonyl (C=O) groups excluding carboxylic acids is 2. The van der Waals surface area contributed by atoms with Crippen LogP contribution in [-0.2, 0) is 26.1 Å². The highest BCUT2D eigenvalue weighted by molar-refractivity contribution is 7.89. The summed E-state index contributed by atoms with van der Waals surface area (Å²) in [5.41, 5.74) is 1.68. The van der Waals surface area contributed by atoms with E-state index in [1.807, 2.05) is 6.92 Å². The van der Waals surface area contributed by atoms with Gasteiger partial charge in [-0.25, -0.2) is 8.42 Å². The molecule has 11 heteroatoms. The lowest BCUT2D eigenvalue weighted by Gasteiger charge is -2.18. The summed E-state index contributed by atoms with van der Waals surface area (Å²) in [5, 5.41) is 0.529. The van der Waals surface area contributed by atoms with Crippen LogP contribution in [0.15, 0.2) is 46.3 Å². The maximum absolute atomic E-state index is 12.9. The van der Waals surface area contributed by atoms with Gasteiger partial charge < -0.3 is 9.30 Å². The monoisotopic (exact) mass is 509 g/mol. The fraction of sp³-hybridized carbons (Fsp3) is 0.318. The largest absolute Gasteiger partial charge is 0.468 e. The lowest BCUT2D eigenvalue weighted by Crippen LogP contribution is -2.30. The van der Waals surface area contributed by atoms with E-state index in [-0.39, 0.29) is 17.0 Å². The zero-order valence-electron chi connectivity index (χ0n) is 18.7. The highest BCUT2D eigenvalue weighted by Gasteiger charge is 2.22. The van der Waals surface area contributed by atoms with E-state index in [0.717, 1.165) is 10.3 Å².